The molecule has 1 aliphatic carbocycles. The van der Waals surface area contributed by atoms with Gasteiger partial charge >= 0.3 is 11.8 Å². The molecular formula is C14H17N3O3. The van der Waals surface area contributed by atoms with Gasteiger partial charge in [-0.15, -0.1) is 0 Å². The average Bonchev–Trinajstić information content (AvgIpc) is 2.79. The van der Waals surface area contributed by atoms with Gasteiger partial charge in [0.25, 0.3) is 0 Å². The van der Waals surface area contributed by atoms with E-state index in [1.165, 1.54) is 0 Å². The van der Waals surface area contributed by atoms with E-state index in [0.717, 1.165) is 11.1 Å². The Morgan fingerprint density at radius 2 is 2.00 bits per heavy atom. The molecule has 0 radical (unpaired) electrons. The third kappa shape index (κ3) is 2.96. The van der Waals surface area contributed by atoms with E-state index in [1.54, 1.807) is 26.0 Å². The number of hydrogen-bond acceptors (Lipinski definition) is 4. The molecule has 0 bridgehead atoms. The van der Waals surface area contributed by atoms with Gasteiger partial charge in [-0.1, -0.05) is 12.1 Å². The Labute approximate surface area is 116 Å². The predicted octanol–water partition coefficient (Wildman–Crippen LogP) is 0.683. The van der Waals surface area contributed by atoms with E-state index < -0.39 is 11.8 Å². The molecule has 0 saturated heterocycles. The fourth-order valence-corrected chi connectivity index (χ4v) is 2.10. The molecule has 0 atom stereocenters. The first-order chi connectivity index (χ1) is 9.49. The number of nitrogens with zero attached hydrogens (tertiary/aromatic N) is 1. The Bertz CT molecular complexity index is 579. The Hall–Kier alpha value is -2.37. The Balaban J connectivity index is 2.06. The largest absolute Gasteiger partial charge is 0.508 e. The van der Waals surface area contributed by atoms with Crippen molar-refractivity contribution >= 4 is 17.5 Å². The maximum atomic E-state index is 11.5. The monoisotopic (exact) mass is 275 g/mol. The van der Waals surface area contributed by atoms with Gasteiger partial charge in [0, 0.05) is 17.2 Å². The summed E-state index contributed by atoms with van der Waals surface area (Å²) < 4.78 is 0. The number of phenols is 1. The van der Waals surface area contributed by atoms with E-state index >= 15 is 0 Å². The van der Waals surface area contributed by atoms with Crippen LogP contribution in [0.4, 0.5) is 0 Å². The number of fused-ring (bicyclic) bond motifs is 1. The van der Waals surface area contributed by atoms with Gasteiger partial charge in [-0.05, 0) is 32.8 Å². The number of amides is 2. The van der Waals surface area contributed by atoms with E-state index in [2.05, 4.69) is 15.8 Å². The SMILES string of the molecule is CC(C)NC(=O)C(=O)NN=C1CCc2c(O)cccc21. The van der Waals surface area contributed by atoms with Crippen LogP contribution in [0.3, 0.4) is 0 Å². The fraction of sp³-hybridized carbons (Fsp3) is 0.357. The molecule has 0 aromatic heterocycles. The predicted molar refractivity (Wildman–Crippen MR) is 74.4 cm³/mol. The van der Waals surface area contributed by atoms with Gasteiger partial charge in [0.1, 0.15) is 5.75 Å². The van der Waals surface area contributed by atoms with Gasteiger partial charge in [0.15, 0.2) is 0 Å². The maximum Gasteiger partial charge on any atom is 0.329 e. The number of carbonyl (C=O) groups is 2. The van der Waals surface area contributed by atoms with Crippen molar-refractivity contribution in [3.05, 3.63) is 29.3 Å². The highest BCUT2D eigenvalue weighted by atomic mass is 16.3. The molecule has 6 heteroatoms. The summed E-state index contributed by atoms with van der Waals surface area (Å²) in [6, 6.07) is 5.07. The molecule has 2 rings (SSSR count). The summed E-state index contributed by atoms with van der Waals surface area (Å²) in [7, 11) is 0. The zero-order valence-electron chi connectivity index (χ0n) is 11.4. The molecule has 0 heterocycles. The highest BCUT2D eigenvalue weighted by Crippen LogP contribution is 2.29. The lowest BCUT2D eigenvalue weighted by Gasteiger charge is -2.07. The number of nitrogens with one attached hydrogen (secondary N) is 2. The van der Waals surface area contributed by atoms with Crippen LogP contribution < -0.4 is 10.7 Å². The van der Waals surface area contributed by atoms with Crippen molar-refractivity contribution in [3.8, 4) is 5.75 Å². The first-order valence-corrected chi connectivity index (χ1v) is 6.47. The lowest BCUT2D eigenvalue weighted by atomic mass is 10.1. The molecular weight excluding hydrogens is 258 g/mol. The summed E-state index contributed by atoms with van der Waals surface area (Å²) in [6.45, 7) is 3.54. The normalized spacial score (nSPS) is 15.2. The van der Waals surface area contributed by atoms with Gasteiger partial charge in [-0.3, -0.25) is 9.59 Å². The van der Waals surface area contributed by atoms with Crippen LogP contribution in [0.1, 0.15) is 31.4 Å². The minimum atomic E-state index is -0.792. The van der Waals surface area contributed by atoms with E-state index in [0.29, 0.717) is 18.6 Å². The van der Waals surface area contributed by atoms with Crippen LogP contribution in [-0.4, -0.2) is 28.7 Å². The lowest BCUT2D eigenvalue weighted by Crippen LogP contribution is -2.41. The molecule has 6 nitrogen and oxygen atoms in total. The number of phenolic OH excluding ortho intramolecular Hbond substituents is 1. The van der Waals surface area contributed by atoms with Gasteiger partial charge in [0.2, 0.25) is 0 Å². The van der Waals surface area contributed by atoms with Gasteiger partial charge < -0.3 is 10.4 Å². The topological polar surface area (TPSA) is 90.8 Å². The molecule has 3 N–H and O–H groups in total. The number of benzene rings is 1. The summed E-state index contributed by atoms with van der Waals surface area (Å²) >= 11 is 0. The molecule has 0 unspecified atom stereocenters. The van der Waals surface area contributed by atoms with Crippen LogP contribution in [0.25, 0.3) is 0 Å². The minimum Gasteiger partial charge on any atom is -0.508 e. The first kappa shape index (κ1) is 14.0. The highest BCUT2D eigenvalue weighted by Gasteiger charge is 2.21. The Morgan fingerprint density at radius 1 is 1.25 bits per heavy atom. The van der Waals surface area contributed by atoms with Gasteiger partial charge in [-0.25, -0.2) is 5.43 Å². The lowest BCUT2D eigenvalue weighted by molar-refractivity contribution is -0.139. The molecule has 0 spiro atoms. The summed E-state index contributed by atoms with van der Waals surface area (Å²) in [5.74, 6) is -1.27. The second-order valence-electron chi connectivity index (χ2n) is 4.93. The van der Waals surface area contributed by atoms with Crippen LogP contribution in [0.15, 0.2) is 23.3 Å². The van der Waals surface area contributed by atoms with Crippen molar-refractivity contribution < 1.29 is 14.7 Å². The van der Waals surface area contributed by atoms with Crippen molar-refractivity contribution in [1.82, 2.24) is 10.7 Å². The van der Waals surface area contributed by atoms with Crippen LogP contribution in [-0.2, 0) is 16.0 Å². The van der Waals surface area contributed by atoms with Crippen molar-refractivity contribution in [1.29, 1.82) is 0 Å². The number of carbonyl (C=O) groups excluding carboxylic acids is 2. The average molecular weight is 275 g/mol. The number of aromatic hydroxyl groups is 1. The van der Waals surface area contributed by atoms with E-state index in [-0.39, 0.29) is 11.8 Å². The molecule has 2 amide bonds. The van der Waals surface area contributed by atoms with Crippen molar-refractivity contribution in [2.75, 3.05) is 0 Å². The third-order valence-corrected chi connectivity index (χ3v) is 2.99. The highest BCUT2D eigenvalue weighted by molar-refractivity contribution is 6.35. The molecule has 106 valence electrons. The number of hydrogen-bond donors (Lipinski definition) is 3. The summed E-state index contributed by atoms with van der Waals surface area (Å²) in [5, 5.41) is 16.2. The van der Waals surface area contributed by atoms with Gasteiger partial charge in [0.05, 0.1) is 5.71 Å². The zero-order chi connectivity index (χ0) is 14.7. The third-order valence-electron chi connectivity index (χ3n) is 2.99. The minimum absolute atomic E-state index is 0.106. The summed E-state index contributed by atoms with van der Waals surface area (Å²) in [5.41, 5.74) is 4.55. The number of hydrazone groups is 1. The molecule has 0 saturated carbocycles. The van der Waals surface area contributed by atoms with Crippen molar-refractivity contribution in [2.24, 2.45) is 5.10 Å². The van der Waals surface area contributed by atoms with E-state index in [9.17, 15) is 14.7 Å². The summed E-state index contributed by atoms with van der Waals surface area (Å²) in [4.78, 5) is 23.0. The number of rotatable bonds is 2. The van der Waals surface area contributed by atoms with E-state index in [4.69, 9.17) is 0 Å². The standard InChI is InChI=1S/C14H17N3O3/c1-8(2)15-13(19)14(20)17-16-11-7-6-10-9(11)4-3-5-12(10)18/h3-5,8,18H,6-7H2,1-2H3,(H,15,19)(H,17,20). The zero-order valence-corrected chi connectivity index (χ0v) is 11.4. The maximum absolute atomic E-state index is 11.5. The second-order valence-corrected chi connectivity index (χ2v) is 4.93. The fourth-order valence-electron chi connectivity index (χ4n) is 2.10. The van der Waals surface area contributed by atoms with Crippen LogP contribution in [0, 0.1) is 0 Å². The van der Waals surface area contributed by atoms with Crippen LogP contribution in [0.2, 0.25) is 0 Å². The molecule has 20 heavy (non-hydrogen) atoms. The van der Waals surface area contributed by atoms with Crippen LogP contribution >= 0.6 is 0 Å². The van der Waals surface area contributed by atoms with Crippen LogP contribution in [0.5, 0.6) is 5.75 Å². The molecule has 1 aromatic rings. The second kappa shape index (κ2) is 5.73. The smallest absolute Gasteiger partial charge is 0.329 e. The molecule has 0 aliphatic heterocycles. The van der Waals surface area contributed by atoms with Crippen molar-refractivity contribution in [2.45, 2.75) is 32.7 Å². The van der Waals surface area contributed by atoms with Crippen molar-refractivity contribution in [3.63, 3.8) is 0 Å². The Morgan fingerprint density at radius 3 is 2.70 bits per heavy atom. The molecule has 0 fully saturated rings. The molecule has 1 aromatic carbocycles. The Kier molecular flexibility index (Phi) is 4.02. The van der Waals surface area contributed by atoms with Gasteiger partial charge in [-0.2, -0.15) is 5.10 Å². The van der Waals surface area contributed by atoms with E-state index in [1.807, 2.05) is 6.07 Å². The first-order valence-electron chi connectivity index (χ1n) is 6.47. The molecule has 1 aliphatic rings. The summed E-state index contributed by atoms with van der Waals surface area (Å²) in [6.07, 6.45) is 1.30. The quantitative estimate of drug-likeness (QED) is 0.547.